The predicted octanol–water partition coefficient (Wildman–Crippen LogP) is 5.77. The number of hydrogen-bond donors (Lipinski definition) is 0. The van der Waals surface area contributed by atoms with E-state index in [1.165, 1.54) is 11.8 Å². The minimum atomic E-state index is -0.766. The number of nitrogens with zero attached hydrogens (tertiary/aromatic N) is 1. The normalized spacial score (nSPS) is 14.7. The van der Waals surface area contributed by atoms with Gasteiger partial charge < -0.3 is 13.9 Å². The highest BCUT2D eigenvalue weighted by Gasteiger charge is 2.44. The van der Waals surface area contributed by atoms with Gasteiger partial charge in [0.1, 0.15) is 5.58 Å². The maximum absolute atomic E-state index is 13.9. The van der Waals surface area contributed by atoms with Gasteiger partial charge in [-0.25, -0.2) is 0 Å². The molecule has 0 fully saturated rings. The van der Waals surface area contributed by atoms with Gasteiger partial charge in [-0.2, -0.15) is 0 Å². The molecule has 3 aromatic carbocycles. The standard InChI is InChI=1S/C30H27NO6/c1-6-36-23-12-9-20(15-25(23)35-5)27-26-28(33)22-13-16(2)17(3)14-24(22)37-29(26)30(34)31(27)21-10-7-19(8-11-21)18(4)32/h7-15,27H,6H2,1-5H3. The zero-order chi connectivity index (χ0) is 26.4. The van der Waals surface area contributed by atoms with Crippen LogP contribution in [0.4, 0.5) is 5.69 Å². The highest BCUT2D eigenvalue weighted by molar-refractivity contribution is 6.11. The van der Waals surface area contributed by atoms with Gasteiger partial charge in [-0.1, -0.05) is 6.07 Å². The average Bonchev–Trinajstić information content (AvgIpc) is 3.18. The van der Waals surface area contributed by atoms with Crippen LogP contribution >= 0.6 is 0 Å². The first-order valence-corrected chi connectivity index (χ1v) is 12.1. The van der Waals surface area contributed by atoms with Gasteiger partial charge in [-0.3, -0.25) is 19.3 Å². The van der Waals surface area contributed by atoms with Crippen LogP contribution in [0.1, 0.15) is 63.1 Å². The molecule has 5 rings (SSSR count). The molecule has 2 heterocycles. The largest absolute Gasteiger partial charge is 0.493 e. The number of anilines is 1. The first-order valence-electron chi connectivity index (χ1n) is 12.1. The summed E-state index contributed by atoms with van der Waals surface area (Å²) in [6.07, 6.45) is 0. The highest BCUT2D eigenvalue weighted by Crippen LogP contribution is 2.43. The monoisotopic (exact) mass is 497 g/mol. The molecular formula is C30H27NO6. The Balaban J connectivity index is 1.77. The van der Waals surface area contributed by atoms with Crippen LogP contribution in [0.3, 0.4) is 0 Å². The Morgan fingerprint density at radius 1 is 0.973 bits per heavy atom. The highest BCUT2D eigenvalue weighted by atomic mass is 16.5. The van der Waals surface area contributed by atoms with Crippen molar-refractivity contribution < 1.29 is 23.5 Å². The predicted molar refractivity (Wildman–Crippen MR) is 141 cm³/mol. The number of aryl methyl sites for hydroxylation is 2. The van der Waals surface area contributed by atoms with Crippen LogP contribution in [0.25, 0.3) is 11.0 Å². The van der Waals surface area contributed by atoms with Crippen LogP contribution in [0.5, 0.6) is 11.5 Å². The smallest absolute Gasteiger partial charge is 0.295 e. The van der Waals surface area contributed by atoms with Gasteiger partial charge in [0.15, 0.2) is 22.7 Å². The van der Waals surface area contributed by atoms with Gasteiger partial charge in [-0.15, -0.1) is 0 Å². The van der Waals surface area contributed by atoms with Crippen molar-refractivity contribution in [3.63, 3.8) is 0 Å². The van der Waals surface area contributed by atoms with E-state index in [2.05, 4.69) is 0 Å². The van der Waals surface area contributed by atoms with Gasteiger partial charge in [0.2, 0.25) is 5.76 Å². The Morgan fingerprint density at radius 3 is 2.32 bits per heavy atom. The molecule has 0 N–H and O–H groups in total. The number of ether oxygens (including phenoxy) is 2. The molecule has 37 heavy (non-hydrogen) atoms. The van der Waals surface area contributed by atoms with Gasteiger partial charge in [-0.05, 0) is 92.9 Å². The fraction of sp³-hybridized carbons (Fsp3) is 0.233. The van der Waals surface area contributed by atoms with Crippen LogP contribution < -0.4 is 19.8 Å². The SMILES string of the molecule is CCOc1ccc(C2c3c(oc4cc(C)c(C)cc4c3=O)C(=O)N2c2ccc(C(C)=O)cc2)cc1OC. The Labute approximate surface area is 214 Å². The molecule has 7 nitrogen and oxygen atoms in total. The van der Waals surface area contributed by atoms with Crippen LogP contribution in [0.2, 0.25) is 0 Å². The minimum absolute atomic E-state index is 0.00856. The number of carbonyl (C=O) groups is 2. The summed E-state index contributed by atoms with van der Waals surface area (Å²) in [7, 11) is 1.54. The van der Waals surface area contributed by atoms with Crippen LogP contribution in [0.15, 0.2) is 63.8 Å². The van der Waals surface area contributed by atoms with Crippen molar-refractivity contribution in [1.82, 2.24) is 0 Å². The summed E-state index contributed by atoms with van der Waals surface area (Å²) >= 11 is 0. The van der Waals surface area contributed by atoms with E-state index in [1.54, 1.807) is 55.6 Å². The van der Waals surface area contributed by atoms with Crippen LogP contribution in [0, 0.1) is 13.8 Å². The lowest BCUT2D eigenvalue weighted by molar-refractivity contribution is 0.0970. The molecular weight excluding hydrogens is 470 g/mol. The zero-order valence-corrected chi connectivity index (χ0v) is 21.4. The van der Waals surface area contributed by atoms with E-state index in [-0.39, 0.29) is 22.5 Å². The van der Waals surface area contributed by atoms with E-state index in [1.807, 2.05) is 26.8 Å². The summed E-state index contributed by atoms with van der Waals surface area (Å²) in [5.41, 5.74) is 4.03. The van der Waals surface area contributed by atoms with Crippen molar-refractivity contribution in [2.75, 3.05) is 18.6 Å². The van der Waals surface area contributed by atoms with E-state index in [0.717, 1.165) is 11.1 Å². The first-order chi connectivity index (χ1) is 17.7. The van der Waals surface area contributed by atoms with Crippen molar-refractivity contribution in [3.05, 3.63) is 98.4 Å². The number of fused-ring (bicyclic) bond motifs is 2. The van der Waals surface area contributed by atoms with E-state index in [4.69, 9.17) is 13.9 Å². The third kappa shape index (κ3) is 3.96. The number of amides is 1. The van der Waals surface area contributed by atoms with Crippen LogP contribution in [-0.4, -0.2) is 25.4 Å². The van der Waals surface area contributed by atoms with Gasteiger partial charge >= 0.3 is 0 Å². The van der Waals surface area contributed by atoms with E-state index in [9.17, 15) is 14.4 Å². The molecule has 0 aliphatic carbocycles. The van der Waals surface area contributed by atoms with E-state index < -0.39 is 11.9 Å². The number of Topliss-reactive ketones (excluding diaryl/α,β-unsaturated/α-hetero) is 1. The van der Waals surface area contributed by atoms with Crippen LogP contribution in [-0.2, 0) is 0 Å². The second kappa shape index (κ2) is 9.24. The Bertz CT molecular complexity index is 1620. The fourth-order valence-electron chi connectivity index (χ4n) is 4.80. The molecule has 1 aliphatic rings. The molecule has 7 heteroatoms. The molecule has 0 radical (unpaired) electrons. The van der Waals surface area contributed by atoms with Crippen molar-refractivity contribution in [2.45, 2.75) is 33.7 Å². The fourth-order valence-corrected chi connectivity index (χ4v) is 4.80. The first kappa shape index (κ1) is 24.3. The number of methoxy groups -OCH3 is 1. The Kier molecular flexibility index (Phi) is 6.07. The van der Waals surface area contributed by atoms with E-state index in [0.29, 0.717) is 45.9 Å². The van der Waals surface area contributed by atoms with Gasteiger partial charge in [0, 0.05) is 11.3 Å². The number of benzene rings is 3. The lowest BCUT2D eigenvalue weighted by Crippen LogP contribution is -2.29. The summed E-state index contributed by atoms with van der Waals surface area (Å²) in [4.78, 5) is 41.1. The average molecular weight is 498 g/mol. The molecule has 4 aromatic rings. The van der Waals surface area contributed by atoms with Crippen molar-refractivity contribution in [3.8, 4) is 11.5 Å². The molecule has 0 saturated carbocycles. The molecule has 1 unspecified atom stereocenters. The minimum Gasteiger partial charge on any atom is -0.493 e. The van der Waals surface area contributed by atoms with E-state index >= 15 is 0 Å². The van der Waals surface area contributed by atoms with Gasteiger partial charge in [0.05, 0.1) is 30.7 Å². The molecule has 1 aliphatic heterocycles. The zero-order valence-electron chi connectivity index (χ0n) is 21.4. The summed E-state index contributed by atoms with van der Waals surface area (Å²) < 4.78 is 17.3. The summed E-state index contributed by atoms with van der Waals surface area (Å²) in [5, 5.41) is 0.423. The van der Waals surface area contributed by atoms with Crippen molar-refractivity contribution in [2.24, 2.45) is 0 Å². The van der Waals surface area contributed by atoms with Gasteiger partial charge in [0.25, 0.3) is 5.91 Å². The Morgan fingerprint density at radius 2 is 1.68 bits per heavy atom. The summed E-state index contributed by atoms with van der Waals surface area (Å²) in [6, 6.07) is 15.0. The number of carbonyl (C=O) groups excluding carboxylic acids is 2. The number of ketones is 1. The Hall–Kier alpha value is -4.39. The lowest BCUT2D eigenvalue weighted by Gasteiger charge is -2.26. The lowest BCUT2D eigenvalue weighted by atomic mass is 9.96. The summed E-state index contributed by atoms with van der Waals surface area (Å²) in [5.74, 6) is 0.551. The summed E-state index contributed by atoms with van der Waals surface area (Å²) in [6.45, 7) is 7.69. The molecule has 0 saturated heterocycles. The second-order valence-electron chi connectivity index (χ2n) is 9.13. The molecule has 0 bridgehead atoms. The van der Waals surface area contributed by atoms with Crippen molar-refractivity contribution >= 4 is 28.3 Å². The number of hydrogen-bond acceptors (Lipinski definition) is 6. The van der Waals surface area contributed by atoms with Crippen molar-refractivity contribution in [1.29, 1.82) is 0 Å². The molecule has 1 amide bonds. The maximum Gasteiger partial charge on any atom is 0.295 e. The molecule has 0 spiro atoms. The third-order valence-electron chi connectivity index (χ3n) is 6.84. The quantitative estimate of drug-likeness (QED) is 0.315. The second-order valence-corrected chi connectivity index (χ2v) is 9.13. The molecule has 1 aromatic heterocycles. The topological polar surface area (TPSA) is 86.0 Å². The molecule has 188 valence electrons. The maximum atomic E-state index is 13.9. The third-order valence-corrected chi connectivity index (χ3v) is 6.84. The molecule has 1 atom stereocenters. The number of rotatable bonds is 6.